The molecule has 6 nitrogen and oxygen atoms in total. The number of hydrogen-bond donors (Lipinski definition) is 2. The summed E-state index contributed by atoms with van der Waals surface area (Å²) in [6.45, 7) is 5.49. The highest BCUT2D eigenvalue weighted by atomic mass is 16.2. The van der Waals surface area contributed by atoms with Gasteiger partial charge in [-0.1, -0.05) is 20.3 Å². The highest BCUT2D eigenvalue weighted by Crippen LogP contribution is 2.35. The lowest BCUT2D eigenvalue weighted by Gasteiger charge is -2.43. The molecule has 2 aliphatic heterocycles. The fourth-order valence-corrected chi connectivity index (χ4v) is 3.54. The van der Waals surface area contributed by atoms with Crippen LogP contribution in [0.15, 0.2) is 0 Å². The van der Waals surface area contributed by atoms with Crippen LogP contribution in [-0.4, -0.2) is 48.3 Å². The molecule has 0 saturated carbocycles. The summed E-state index contributed by atoms with van der Waals surface area (Å²) in [6, 6.07) is -0.522. The first-order valence-electron chi connectivity index (χ1n) is 7.89. The molecule has 0 aromatic carbocycles. The van der Waals surface area contributed by atoms with Gasteiger partial charge in [0.2, 0.25) is 17.7 Å². The quantitative estimate of drug-likeness (QED) is 0.737. The van der Waals surface area contributed by atoms with E-state index in [1.54, 1.807) is 0 Å². The van der Waals surface area contributed by atoms with Crippen LogP contribution >= 0.6 is 0 Å². The summed E-state index contributed by atoms with van der Waals surface area (Å²) in [5, 5.41) is 5.63. The third-order valence-electron chi connectivity index (χ3n) is 4.56. The van der Waals surface area contributed by atoms with Gasteiger partial charge in [-0.05, 0) is 32.2 Å². The molecule has 3 amide bonds. The minimum atomic E-state index is -0.522. The highest BCUT2D eigenvalue weighted by molar-refractivity contribution is 6.04. The zero-order valence-corrected chi connectivity index (χ0v) is 12.9. The molecule has 2 unspecified atom stereocenters. The topological polar surface area (TPSA) is 78.5 Å². The number of nitrogens with zero attached hydrogens (tertiary/aromatic N) is 1. The van der Waals surface area contributed by atoms with E-state index in [0.29, 0.717) is 13.0 Å². The Hall–Kier alpha value is -1.43. The predicted molar refractivity (Wildman–Crippen MR) is 78.4 cm³/mol. The maximum absolute atomic E-state index is 13.1. The molecular formula is C15H25N3O3. The van der Waals surface area contributed by atoms with Crippen molar-refractivity contribution >= 4 is 17.7 Å². The van der Waals surface area contributed by atoms with Gasteiger partial charge < -0.3 is 10.2 Å². The van der Waals surface area contributed by atoms with Gasteiger partial charge in [0.1, 0.15) is 12.6 Å². The van der Waals surface area contributed by atoms with Gasteiger partial charge in [-0.25, -0.2) is 0 Å². The van der Waals surface area contributed by atoms with Crippen molar-refractivity contribution in [1.82, 2.24) is 15.5 Å². The average Bonchev–Trinajstić information content (AvgIpc) is 2.47. The number of carbonyl (C=O) groups excluding carboxylic acids is 3. The van der Waals surface area contributed by atoms with Gasteiger partial charge in [-0.2, -0.15) is 0 Å². The zero-order valence-electron chi connectivity index (χ0n) is 12.9. The molecule has 2 atom stereocenters. The van der Waals surface area contributed by atoms with Crippen molar-refractivity contribution in [3.63, 3.8) is 0 Å². The first kappa shape index (κ1) is 15.9. The normalized spacial score (nSPS) is 30.2. The summed E-state index contributed by atoms with van der Waals surface area (Å²) in [5.41, 5.74) is -0.460. The molecule has 2 N–H and O–H groups in total. The molecule has 118 valence electrons. The van der Waals surface area contributed by atoms with E-state index in [4.69, 9.17) is 0 Å². The molecule has 0 aliphatic carbocycles. The van der Waals surface area contributed by atoms with Crippen LogP contribution in [0.1, 0.15) is 46.0 Å². The predicted octanol–water partition coefficient (Wildman–Crippen LogP) is 0.420. The molecule has 0 bridgehead atoms. The maximum Gasteiger partial charge on any atom is 0.249 e. The van der Waals surface area contributed by atoms with Crippen LogP contribution in [0.5, 0.6) is 0 Å². The number of piperazine rings is 1. The Balaban J connectivity index is 2.25. The van der Waals surface area contributed by atoms with E-state index in [9.17, 15) is 14.4 Å². The Bertz CT molecular complexity index is 424. The first-order valence-corrected chi connectivity index (χ1v) is 7.89. The summed E-state index contributed by atoms with van der Waals surface area (Å²) in [6.07, 6.45) is 4.02. The summed E-state index contributed by atoms with van der Waals surface area (Å²) >= 11 is 0. The van der Waals surface area contributed by atoms with Gasteiger partial charge in [0.15, 0.2) is 0 Å². The number of rotatable bonds is 4. The summed E-state index contributed by atoms with van der Waals surface area (Å²) in [5.74, 6) is -0.766. The largest absolute Gasteiger partial charge is 0.321 e. The maximum atomic E-state index is 13.1. The molecule has 6 heteroatoms. The van der Waals surface area contributed by atoms with Gasteiger partial charge in [-0.3, -0.25) is 19.7 Å². The molecule has 0 spiro atoms. The van der Waals surface area contributed by atoms with Crippen LogP contribution in [0, 0.1) is 5.41 Å². The number of piperidine rings is 1. The van der Waals surface area contributed by atoms with Gasteiger partial charge in [0.25, 0.3) is 0 Å². The highest BCUT2D eigenvalue weighted by Gasteiger charge is 2.46. The minimum absolute atomic E-state index is 0.00541. The van der Waals surface area contributed by atoms with Crippen LogP contribution in [0.3, 0.4) is 0 Å². The van der Waals surface area contributed by atoms with E-state index >= 15 is 0 Å². The van der Waals surface area contributed by atoms with Crippen molar-refractivity contribution < 1.29 is 14.4 Å². The molecule has 2 saturated heterocycles. The van der Waals surface area contributed by atoms with Gasteiger partial charge in [0, 0.05) is 6.54 Å². The molecule has 0 radical (unpaired) electrons. The van der Waals surface area contributed by atoms with Gasteiger partial charge in [0.05, 0.1) is 5.41 Å². The Morgan fingerprint density at radius 2 is 2.14 bits per heavy atom. The lowest BCUT2D eigenvalue weighted by atomic mass is 9.75. The Labute approximate surface area is 125 Å². The second kappa shape index (κ2) is 6.56. The van der Waals surface area contributed by atoms with Crippen molar-refractivity contribution in [2.45, 2.75) is 52.0 Å². The van der Waals surface area contributed by atoms with E-state index in [1.807, 2.05) is 6.92 Å². The van der Waals surface area contributed by atoms with E-state index in [-0.39, 0.29) is 24.3 Å². The lowest BCUT2D eigenvalue weighted by molar-refractivity contribution is -0.157. The Morgan fingerprint density at radius 1 is 1.38 bits per heavy atom. The van der Waals surface area contributed by atoms with E-state index in [0.717, 1.165) is 32.2 Å². The monoisotopic (exact) mass is 295 g/mol. The number of hydrogen-bond acceptors (Lipinski definition) is 4. The van der Waals surface area contributed by atoms with Crippen molar-refractivity contribution in [2.75, 3.05) is 19.6 Å². The Kier molecular flexibility index (Phi) is 4.98. The number of nitrogens with one attached hydrogen (secondary N) is 2. The van der Waals surface area contributed by atoms with Crippen LogP contribution < -0.4 is 10.6 Å². The molecule has 2 aliphatic rings. The van der Waals surface area contributed by atoms with Crippen LogP contribution in [0.4, 0.5) is 0 Å². The molecule has 21 heavy (non-hydrogen) atoms. The van der Waals surface area contributed by atoms with Crippen molar-refractivity contribution in [1.29, 1.82) is 0 Å². The fourth-order valence-electron chi connectivity index (χ4n) is 3.54. The standard InChI is InChI=1S/C15H25N3O3/c1-3-6-15(7-5-8-16-10-15)14(21)18-9-12(19)17-13(20)11(18)4-2/h11,16H,3-10H2,1-2H3,(H,17,19,20). The third kappa shape index (κ3) is 3.10. The van der Waals surface area contributed by atoms with E-state index in [1.165, 1.54) is 4.90 Å². The molecule has 2 heterocycles. The molecule has 0 aromatic rings. The summed E-state index contributed by atoms with van der Waals surface area (Å²) < 4.78 is 0. The van der Waals surface area contributed by atoms with Crippen LogP contribution in [0.25, 0.3) is 0 Å². The van der Waals surface area contributed by atoms with Crippen LogP contribution in [-0.2, 0) is 14.4 Å². The first-order chi connectivity index (χ1) is 10.0. The van der Waals surface area contributed by atoms with Gasteiger partial charge in [-0.15, -0.1) is 0 Å². The van der Waals surface area contributed by atoms with Crippen LogP contribution in [0.2, 0.25) is 0 Å². The lowest BCUT2D eigenvalue weighted by Crippen LogP contribution is -2.63. The molecule has 2 fully saturated rings. The SMILES string of the molecule is CCCC1(C(=O)N2CC(=O)NC(=O)C2CC)CCCNC1. The Morgan fingerprint density at radius 3 is 2.71 bits per heavy atom. The molecular weight excluding hydrogens is 270 g/mol. The van der Waals surface area contributed by atoms with Crippen molar-refractivity contribution in [3.05, 3.63) is 0 Å². The van der Waals surface area contributed by atoms with E-state index < -0.39 is 11.5 Å². The second-order valence-corrected chi connectivity index (χ2v) is 6.08. The summed E-state index contributed by atoms with van der Waals surface area (Å²) in [7, 11) is 0. The van der Waals surface area contributed by atoms with Crippen molar-refractivity contribution in [3.8, 4) is 0 Å². The summed E-state index contributed by atoms with van der Waals surface area (Å²) in [4.78, 5) is 38.2. The zero-order chi connectivity index (χ0) is 15.5. The second-order valence-electron chi connectivity index (χ2n) is 6.08. The smallest absolute Gasteiger partial charge is 0.249 e. The molecule has 0 aromatic heterocycles. The van der Waals surface area contributed by atoms with E-state index in [2.05, 4.69) is 17.6 Å². The number of carbonyl (C=O) groups is 3. The third-order valence-corrected chi connectivity index (χ3v) is 4.56. The number of amides is 3. The fraction of sp³-hybridized carbons (Fsp3) is 0.800. The molecule has 2 rings (SSSR count). The average molecular weight is 295 g/mol. The minimum Gasteiger partial charge on any atom is -0.321 e. The van der Waals surface area contributed by atoms with Gasteiger partial charge >= 0.3 is 0 Å². The van der Waals surface area contributed by atoms with Crippen molar-refractivity contribution in [2.24, 2.45) is 5.41 Å². The number of imide groups is 1.